The summed E-state index contributed by atoms with van der Waals surface area (Å²) in [5, 5.41) is 3.15. The summed E-state index contributed by atoms with van der Waals surface area (Å²) in [4.78, 5) is 16.2. The van der Waals surface area contributed by atoms with Crippen LogP contribution < -0.4 is 9.62 Å². The lowest BCUT2D eigenvalue weighted by molar-refractivity contribution is 0.102. The minimum Gasteiger partial charge on any atom is -0.321 e. The molecular weight excluding hydrogens is 409 g/mol. The van der Waals surface area contributed by atoms with Crippen LogP contribution in [0.1, 0.15) is 16.8 Å². The van der Waals surface area contributed by atoms with E-state index in [9.17, 15) is 13.2 Å². The Morgan fingerprint density at radius 2 is 1.92 bits per heavy atom. The molecule has 0 unspecified atom stereocenters. The van der Waals surface area contributed by atoms with E-state index in [1.165, 1.54) is 28.7 Å². The van der Waals surface area contributed by atoms with E-state index in [1.54, 1.807) is 6.07 Å². The number of hydrogen-bond acceptors (Lipinski definition) is 4. The Labute approximate surface area is 159 Å². The number of carbonyl (C=O) groups is 1. The van der Waals surface area contributed by atoms with Gasteiger partial charge in [-0.3, -0.25) is 9.10 Å². The molecule has 0 bridgehead atoms. The van der Waals surface area contributed by atoms with Gasteiger partial charge in [-0.05, 0) is 30.7 Å². The summed E-state index contributed by atoms with van der Waals surface area (Å²) >= 11 is 17.7. The number of benzene rings is 1. The molecule has 1 aliphatic heterocycles. The zero-order valence-electron chi connectivity index (χ0n) is 12.7. The Morgan fingerprint density at radius 3 is 2.56 bits per heavy atom. The lowest BCUT2D eigenvalue weighted by Gasteiger charge is -2.18. The van der Waals surface area contributed by atoms with Gasteiger partial charge in [-0.25, -0.2) is 13.4 Å². The van der Waals surface area contributed by atoms with Crippen molar-refractivity contribution in [3.05, 3.63) is 51.2 Å². The van der Waals surface area contributed by atoms with Crippen molar-refractivity contribution in [2.75, 3.05) is 21.9 Å². The first-order valence-corrected chi connectivity index (χ1v) is 9.94. The molecule has 10 heteroatoms. The van der Waals surface area contributed by atoms with Crippen LogP contribution in [0.5, 0.6) is 0 Å². The molecule has 1 fully saturated rings. The highest BCUT2D eigenvalue weighted by Crippen LogP contribution is 2.31. The summed E-state index contributed by atoms with van der Waals surface area (Å²) in [6.45, 7) is 0.397. The van der Waals surface area contributed by atoms with Crippen LogP contribution in [0.25, 0.3) is 0 Å². The second-order valence-corrected chi connectivity index (χ2v) is 8.54. The van der Waals surface area contributed by atoms with Gasteiger partial charge in [-0.15, -0.1) is 0 Å². The second kappa shape index (κ2) is 6.99. The van der Waals surface area contributed by atoms with Crippen LogP contribution in [-0.4, -0.2) is 31.6 Å². The maximum absolute atomic E-state index is 12.3. The van der Waals surface area contributed by atoms with E-state index in [4.69, 9.17) is 34.8 Å². The highest BCUT2D eigenvalue weighted by molar-refractivity contribution is 7.93. The molecule has 0 aliphatic carbocycles. The van der Waals surface area contributed by atoms with Crippen LogP contribution in [0, 0.1) is 0 Å². The summed E-state index contributed by atoms with van der Waals surface area (Å²) in [7, 11) is -3.33. The summed E-state index contributed by atoms with van der Waals surface area (Å²) in [6, 6.07) is 6.04. The fourth-order valence-corrected chi connectivity index (χ4v) is 4.42. The van der Waals surface area contributed by atoms with Gasteiger partial charge in [-0.1, -0.05) is 34.8 Å². The average molecular weight is 421 g/mol. The third-order valence-corrected chi connectivity index (χ3v) is 6.53. The minimum atomic E-state index is -3.33. The molecule has 1 saturated heterocycles. The van der Waals surface area contributed by atoms with Gasteiger partial charge in [0, 0.05) is 12.7 Å². The molecule has 0 atom stereocenters. The third-order valence-electron chi connectivity index (χ3n) is 3.64. The van der Waals surface area contributed by atoms with Crippen molar-refractivity contribution < 1.29 is 13.2 Å². The Hall–Kier alpha value is -1.54. The fraction of sp³-hybridized carbons (Fsp3) is 0.200. The quantitative estimate of drug-likeness (QED) is 0.765. The van der Waals surface area contributed by atoms with Crippen LogP contribution in [0.2, 0.25) is 15.2 Å². The molecule has 1 aliphatic rings. The number of amides is 1. The number of halogens is 3. The number of sulfonamides is 1. The number of nitrogens with one attached hydrogen (secondary N) is 1. The summed E-state index contributed by atoms with van der Waals surface area (Å²) in [5.41, 5.74) is 0.937. The minimum absolute atomic E-state index is 0.0949. The molecule has 1 aromatic carbocycles. The molecular formula is C15H12Cl3N3O3S. The SMILES string of the molecule is O=C(Nc1cc(N2CCCS2(=O)=O)ccc1Cl)c1cnc(Cl)c(Cl)c1. The van der Waals surface area contributed by atoms with E-state index in [0.717, 1.165) is 0 Å². The Kier molecular flexibility index (Phi) is 5.11. The van der Waals surface area contributed by atoms with Gasteiger partial charge >= 0.3 is 0 Å². The Bertz CT molecular complexity index is 950. The molecule has 2 aromatic rings. The Balaban J connectivity index is 1.88. The van der Waals surface area contributed by atoms with Gasteiger partial charge < -0.3 is 5.32 Å². The van der Waals surface area contributed by atoms with Crippen LogP contribution in [0.4, 0.5) is 11.4 Å². The zero-order chi connectivity index (χ0) is 18.2. The van der Waals surface area contributed by atoms with Gasteiger partial charge in [0.15, 0.2) is 0 Å². The maximum atomic E-state index is 12.3. The first-order chi connectivity index (χ1) is 11.8. The van der Waals surface area contributed by atoms with Crippen molar-refractivity contribution in [3.8, 4) is 0 Å². The van der Waals surface area contributed by atoms with Gasteiger partial charge in [0.25, 0.3) is 5.91 Å². The van der Waals surface area contributed by atoms with Crippen LogP contribution in [0.3, 0.4) is 0 Å². The smallest absolute Gasteiger partial charge is 0.257 e. The lowest BCUT2D eigenvalue weighted by Crippen LogP contribution is -2.25. The van der Waals surface area contributed by atoms with Crippen LogP contribution in [-0.2, 0) is 10.0 Å². The van der Waals surface area contributed by atoms with Crippen molar-refractivity contribution in [2.45, 2.75) is 6.42 Å². The predicted molar refractivity (Wildman–Crippen MR) is 99.4 cm³/mol. The van der Waals surface area contributed by atoms with E-state index in [-0.39, 0.29) is 32.2 Å². The monoisotopic (exact) mass is 419 g/mol. The topological polar surface area (TPSA) is 79.4 Å². The van der Waals surface area contributed by atoms with E-state index in [1.807, 2.05) is 0 Å². The summed E-state index contributed by atoms with van der Waals surface area (Å²) in [6.07, 6.45) is 1.84. The van der Waals surface area contributed by atoms with E-state index in [2.05, 4.69) is 10.3 Å². The maximum Gasteiger partial charge on any atom is 0.257 e. The third kappa shape index (κ3) is 3.84. The molecule has 1 aromatic heterocycles. The van der Waals surface area contributed by atoms with Crippen molar-refractivity contribution in [1.82, 2.24) is 4.98 Å². The molecule has 1 N–H and O–H groups in total. The number of nitrogens with zero attached hydrogens (tertiary/aromatic N) is 2. The molecule has 0 saturated carbocycles. The summed E-state index contributed by atoms with van der Waals surface area (Å²) in [5.74, 6) is -0.388. The van der Waals surface area contributed by atoms with Gasteiger partial charge in [-0.2, -0.15) is 0 Å². The molecule has 0 spiro atoms. The highest BCUT2D eigenvalue weighted by atomic mass is 35.5. The second-order valence-electron chi connectivity index (χ2n) is 5.36. The van der Waals surface area contributed by atoms with E-state index >= 15 is 0 Å². The highest BCUT2D eigenvalue weighted by Gasteiger charge is 2.28. The fourth-order valence-electron chi connectivity index (χ4n) is 2.43. The number of hydrogen-bond donors (Lipinski definition) is 1. The molecule has 3 rings (SSSR count). The number of anilines is 2. The number of carbonyl (C=O) groups excluding carboxylic acids is 1. The normalized spacial score (nSPS) is 16.0. The molecule has 1 amide bonds. The van der Waals surface area contributed by atoms with Crippen LogP contribution >= 0.6 is 34.8 Å². The van der Waals surface area contributed by atoms with E-state index in [0.29, 0.717) is 18.7 Å². The summed E-state index contributed by atoms with van der Waals surface area (Å²) < 4.78 is 25.4. The van der Waals surface area contributed by atoms with Crippen LogP contribution in [0.15, 0.2) is 30.5 Å². The van der Waals surface area contributed by atoms with Gasteiger partial charge in [0.05, 0.1) is 32.7 Å². The molecule has 25 heavy (non-hydrogen) atoms. The number of aromatic nitrogens is 1. The van der Waals surface area contributed by atoms with Gasteiger partial charge in [0.2, 0.25) is 10.0 Å². The van der Waals surface area contributed by atoms with Crippen molar-refractivity contribution in [1.29, 1.82) is 0 Å². The first-order valence-electron chi connectivity index (χ1n) is 7.20. The largest absolute Gasteiger partial charge is 0.321 e. The first kappa shape index (κ1) is 18.3. The Morgan fingerprint density at radius 1 is 1.16 bits per heavy atom. The van der Waals surface area contributed by atoms with Crippen molar-refractivity contribution in [2.24, 2.45) is 0 Å². The van der Waals surface area contributed by atoms with Gasteiger partial charge in [0.1, 0.15) is 5.15 Å². The van der Waals surface area contributed by atoms with E-state index < -0.39 is 15.9 Å². The average Bonchev–Trinajstić information content (AvgIpc) is 2.91. The molecule has 6 nitrogen and oxygen atoms in total. The van der Waals surface area contributed by atoms with Crippen molar-refractivity contribution in [3.63, 3.8) is 0 Å². The molecule has 0 radical (unpaired) electrons. The molecule has 2 heterocycles. The predicted octanol–water partition coefficient (Wildman–Crippen LogP) is 3.83. The van der Waals surface area contributed by atoms with Crippen molar-refractivity contribution >= 4 is 62.1 Å². The standard InChI is InChI=1S/C15H12Cl3N3O3S/c16-11-3-2-10(21-4-1-5-25(21,23)24)7-13(11)20-15(22)9-6-12(17)14(18)19-8-9/h2-3,6-8H,1,4-5H2,(H,20,22). The number of pyridine rings is 1. The zero-order valence-corrected chi connectivity index (χ0v) is 15.8. The molecule has 132 valence electrons. The number of rotatable bonds is 3. The lowest BCUT2D eigenvalue weighted by atomic mass is 10.2.